The Hall–Kier alpha value is -2.31. The van der Waals surface area contributed by atoms with Crippen LogP contribution in [0.3, 0.4) is 0 Å². The Bertz CT molecular complexity index is 1230. The Balaban J connectivity index is -0.00000178. The first-order chi connectivity index (χ1) is 33.8. The van der Waals surface area contributed by atoms with Crippen LogP contribution in [0.2, 0.25) is 0 Å². The number of aliphatic carboxylic acids is 2. The summed E-state index contributed by atoms with van der Waals surface area (Å²) in [5, 5.41) is 28.7. The van der Waals surface area contributed by atoms with Gasteiger partial charge in [0.25, 0.3) is 0 Å². The lowest BCUT2D eigenvalue weighted by Crippen LogP contribution is -2.41. The Morgan fingerprint density at radius 1 is 0.486 bits per heavy atom. The molecule has 0 aliphatic heterocycles. The molecule has 18 nitrogen and oxygen atoms in total. The zero-order valence-electron chi connectivity index (χ0n) is 43.7. The maximum absolute atomic E-state index is 12.3. The standard InChI is InChI=1S/C41H75N5O13.C3H8.2C2H6S2/c42-34(31-47)17-15-16-22-43-38(50)32-58-29-28-57-26-24-45-39(51)33-59-30-27-56-25-23-44-36(48)21-20-35(41(54)55)46-37(49)18-13-11-9-7-5-3-1-2-4-6-8-10-12-14-19-40(52)53;1-3-2;2*1-3-4-2/h31,34-35H,1-30,32-33,42H2,(H,43,50)(H,44,48)(H,45,51)(H,46,49)(H,52,53)(H,54,55);3H2,1-2H3;2*1-2H3. The number of carboxylic acid groups (broad SMARTS) is 2. The van der Waals surface area contributed by atoms with Gasteiger partial charge in [-0.25, -0.2) is 4.79 Å². The van der Waals surface area contributed by atoms with Gasteiger partial charge in [-0.2, -0.15) is 0 Å². The first-order valence-corrected chi connectivity index (χ1v) is 30.9. The fourth-order valence-corrected chi connectivity index (χ4v) is 5.77. The molecule has 2 atom stereocenters. The molecule has 70 heavy (non-hydrogen) atoms. The summed E-state index contributed by atoms with van der Waals surface area (Å²) in [6.07, 6.45) is 27.7. The van der Waals surface area contributed by atoms with Crippen LogP contribution >= 0.6 is 43.2 Å². The largest absolute Gasteiger partial charge is 0.481 e. The number of carbonyl (C=O) groups is 7. The molecule has 0 heterocycles. The van der Waals surface area contributed by atoms with E-state index in [9.17, 15) is 38.7 Å². The van der Waals surface area contributed by atoms with Gasteiger partial charge >= 0.3 is 11.9 Å². The fraction of sp³-hybridized carbons (Fsp3) is 0.854. The van der Waals surface area contributed by atoms with Crippen molar-refractivity contribution in [3.63, 3.8) is 0 Å². The zero-order chi connectivity index (χ0) is 53.1. The van der Waals surface area contributed by atoms with Crippen molar-refractivity contribution in [1.29, 1.82) is 0 Å². The van der Waals surface area contributed by atoms with Crippen molar-refractivity contribution in [1.82, 2.24) is 21.3 Å². The molecule has 0 aromatic rings. The molecule has 8 N–H and O–H groups in total. The predicted molar refractivity (Wildman–Crippen MR) is 291 cm³/mol. The second kappa shape index (κ2) is 62.8. The summed E-state index contributed by atoms with van der Waals surface area (Å²) in [5.74, 6) is -3.15. The molecular formula is C48H95N5O13S4. The SMILES string of the molecule is CCC.CSSC.CSSC.NC(C=O)CCCCNC(=O)COCCOCCNC(=O)COCCOCCNC(=O)CCC(NC(=O)CCCCCCCCCCCCCCCCC(=O)O)C(=O)O. The molecule has 0 fully saturated rings. The number of nitrogens with two attached hydrogens (primary N) is 1. The maximum atomic E-state index is 12.3. The molecule has 0 aliphatic carbocycles. The van der Waals surface area contributed by atoms with E-state index in [0.717, 1.165) is 51.4 Å². The van der Waals surface area contributed by atoms with Crippen LogP contribution in [0.5, 0.6) is 0 Å². The van der Waals surface area contributed by atoms with Crippen molar-refractivity contribution in [2.24, 2.45) is 5.73 Å². The van der Waals surface area contributed by atoms with Crippen LogP contribution in [0.1, 0.15) is 155 Å². The van der Waals surface area contributed by atoms with Crippen molar-refractivity contribution < 1.29 is 62.7 Å². The van der Waals surface area contributed by atoms with E-state index in [1.807, 2.05) is 0 Å². The summed E-state index contributed by atoms with van der Waals surface area (Å²) in [4.78, 5) is 80.7. The van der Waals surface area contributed by atoms with Crippen LogP contribution in [0.4, 0.5) is 0 Å². The number of carboxylic acids is 2. The first-order valence-electron chi connectivity index (χ1n) is 25.0. The number of hydrogen-bond acceptors (Lipinski definition) is 16. The van der Waals surface area contributed by atoms with Crippen LogP contribution in [0.25, 0.3) is 0 Å². The summed E-state index contributed by atoms with van der Waals surface area (Å²) in [5.41, 5.74) is 5.51. The van der Waals surface area contributed by atoms with Gasteiger partial charge in [0.05, 0.1) is 45.7 Å². The normalized spacial score (nSPS) is 11.2. The average Bonchev–Trinajstić information content (AvgIpc) is 3.34. The fourth-order valence-electron chi connectivity index (χ4n) is 5.77. The number of unbranched alkanes of at least 4 members (excludes halogenated alkanes) is 14. The molecule has 0 aromatic heterocycles. The molecule has 0 aliphatic rings. The van der Waals surface area contributed by atoms with Crippen molar-refractivity contribution in [2.45, 2.75) is 167 Å². The van der Waals surface area contributed by atoms with Crippen molar-refractivity contribution >= 4 is 85.0 Å². The Labute approximate surface area is 437 Å². The van der Waals surface area contributed by atoms with E-state index < -0.39 is 24.0 Å². The van der Waals surface area contributed by atoms with E-state index in [1.165, 1.54) is 51.4 Å². The minimum absolute atomic E-state index is 0.0269. The van der Waals surface area contributed by atoms with Crippen LogP contribution in [0.15, 0.2) is 0 Å². The summed E-state index contributed by atoms with van der Waals surface area (Å²) in [7, 11) is 7.09. The number of amides is 4. The molecule has 4 amide bonds. The lowest BCUT2D eigenvalue weighted by Gasteiger charge is -2.14. The van der Waals surface area contributed by atoms with Gasteiger partial charge in [0.15, 0.2) is 0 Å². The highest BCUT2D eigenvalue weighted by molar-refractivity contribution is 8.76. The molecular weight excluding hydrogens is 983 g/mol. The first kappa shape index (κ1) is 74.2. The lowest BCUT2D eigenvalue weighted by molar-refractivity contribution is -0.142. The Morgan fingerprint density at radius 3 is 1.27 bits per heavy atom. The van der Waals surface area contributed by atoms with Gasteiger partial charge in [0.2, 0.25) is 23.6 Å². The van der Waals surface area contributed by atoms with E-state index in [0.29, 0.717) is 25.7 Å². The molecule has 0 rings (SSSR count). The summed E-state index contributed by atoms with van der Waals surface area (Å²) in [6.45, 7) is 6.28. The van der Waals surface area contributed by atoms with E-state index in [1.54, 1.807) is 43.2 Å². The highest BCUT2D eigenvalue weighted by Crippen LogP contribution is 2.14. The third kappa shape index (κ3) is 67.8. The number of ether oxygens (including phenoxy) is 4. The smallest absolute Gasteiger partial charge is 0.326 e. The average molecular weight is 1080 g/mol. The molecule has 0 spiro atoms. The Kier molecular flexibility index (Phi) is 66.6. The zero-order valence-corrected chi connectivity index (χ0v) is 46.9. The molecule has 2 unspecified atom stereocenters. The maximum Gasteiger partial charge on any atom is 0.326 e. The molecule has 0 aromatic carbocycles. The van der Waals surface area contributed by atoms with Gasteiger partial charge < -0.3 is 61.0 Å². The molecule has 0 saturated carbocycles. The lowest BCUT2D eigenvalue weighted by atomic mass is 10.0. The topological polar surface area (TPSA) is 271 Å². The second-order valence-corrected chi connectivity index (χ2v) is 21.2. The van der Waals surface area contributed by atoms with Crippen molar-refractivity contribution in [2.75, 3.05) is 97.5 Å². The molecule has 0 saturated heterocycles. The van der Waals surface area contributed by atoms with E-state index in [4.69, 9.17) is 29.8 Å². The van der Waals surface area contributed by atoms with Gasteiger partial charge in [0, 0.05) is 38.9 Å². The summed E-state index contributed by atoms with van der Waals surface area (Å²) < 4.78 is 21.3. The molecule has 22 heteroatoms. The van der Waals surface area contributed by atoms with Gasteiger partial charge in [-0.05, 0) is 63.5 Å². The Morgan fingerprint density at radius 2 is 0.871 bits per heavy atom. The van der Waals surface area contributed by atoms with Crippen LogP contribution < -0.4 is 27.0 Å². The summed E-state index contributed by atoms with van der Waals surface area (Å²) >= 11 is 0. The van der Waals surface area contributed by atoms with Crippen molar-refractivity contribution in [3.8, 4) is 0 Å². The molecule has 0 radical (unpaired) electrons. The van der Waals surface area contributed by atoms with Crippen LogP contribution in [0, 0.1) is 0 Å². The highest BCUT2D eigenvalue weighted by atomic mass is 33.1. The third-order valence-electron chi connectivity index (χ3n) is 9.48. The van der Waals surface area contributed by atoms with E-state index >= 15 is 0 Å². The van der Waals surface area contributed by atoms with Crippen LogP contribution in [-0.4, -0.2) is 162 Å². The number of carbonyl (C=O) groups excluding carboxylic acids is 5. The monoisotopic (exact) mass is 1080 g/mol. The number of aldehydes is 1. The van der Waals surface area contributed by atoms with Gasteiger partial charge in [-0.3, -0.25) is 24.0 Å². The van der Waals surface area contributed by atoms with Crippen molar-refractivity contribution in [3.05, 3.63) is 0 Å². The molecule has 414 valence electrons. The minimum Gasteiger partial charge on any atom is -0.481 e. The van der Waals surface area contributed by atoms with E-state index in [2.05, 4.69) is 60.1 Å². The van der Waals surface area contributed by atoms with Gasteiger partial charge in [-0.15, -0.1) is 0 Å². The number of nitrogens with one attached hydrogen (secondary N) is 4. The highest BCUT2D eigenvalue weighted by Gasteiger charge is 2.21. The van der Waals surface area contributed by atoms with Gasteiger partial charge in [-0.1, -0.05) is 140 Å². The van der Waals surface area contributed by atoms with Gasteiger partial charge in [0.1, 0.15) is 25.5 Å². The number of rotatable bonds is 46. The minimum atomic E-state index is -1.18. The number of hydrogen-bond donors (Lipinski definition) is 7. The quantitative estimate of drug-likeness (QED) is 0.0177. The second-order valence-electron chi connectivity index (χ2n) is 15.9. The third-order valence-corrected chi connectivity index (χ3v) is 12.1. The summed E-state index contributed by atoms with van der Waals surface area (Å²) in [6, 6.07) is -1.60. The molecule has 0 bridgehead atoms. The van der Waals surface area contributed by atoms with Crippen LogP contribution in [-0.2, 0) is 52.5 Å². The predicted octanol–water partition coefficient (Wildman–Crippen LogP) is 7.44. The van der Waals surface area contributed by atoms with E-state index in [-0.39, 0.29) is 115 Å².